The van der Waals surface area contributed by atoms with Crippen LogP contribution in [-0.2, 0) is 51.9 Å². The zero-order chi connectivity index (χ0) is 38.5. The standard InChI is InChI=1S/C37H39BrF2N3O8P/c1-34(2,3)31(44)48-23-49-37(51-52-47,50-32(45)35(4,5)6)36(39,40)28-17-14-26(18-29(28)38)21-43-30(27-15-12-24(19-41)13-16-27)22-42(33(43)46)20-25-10-8-7-9-11-25/h7-18,22H,20-21,23,52H2,1-6H3. The van der Waals surface area contributed by atoms with Crippen LogP contribution in [0.2, 0.25) is 0 Å². The van der Waals surface area contributed by atoms with E-state index in [2.05, 4.69) is 22.0 Å². The van der Waals surface area contributed by atoms with E-state index in [-0.39, 0.29) is 23.3 Å². The molecule has 0 aliphatic heterocycles. The maximum atomic E-state index is 16.7. The lowest BCUT2D eigenvalue weighted by Gasteiger charge is -2.38. The summed E-state index contributed by atoms with van der Waals surface area (Å²) in [5.41, 5.74) is -0.585. The predicted molar refractivity (Wildman–Crippen MR) is 193 cm³/mol. The van der Waals surface area contributed by atoms with Gasteiger partial charge in [-0.25, -0.2) is 4.79 Å². The van der Waals surface area contributed by atoms with E-state index in [9.17, 15) is 24.2 Å². The van der Waals surface area contributed by atoms with Gasteiger partial charge >= 0.3 is 29.5 Å². The summed E-state index contributed by atoms with van der Waals surface area (Å²) < 4.78 is 68.5. The Morgan fingerprint density at radius 1 is 0.885 bits per heavy atom. The van der Waals surface area contributed by atoms with E-state index in [0.29, 0.717) is 22.4 Å². The van der Waals surface area contributed by atoms with Crippen LogP contribution in [0, 0.1) is 22.2 Å². The first kappa shape index (κ1) is 40.4. The second kappa shape index (κ2) is 16.1. The van der Waals surface area contributed by atoms with Gasteiger partial charge in [-0.3, -0.25) is 32.5 Å². The van der Waals surface area contributed by atoms with Crippen LogP contribution >= 0.6 is 24.6 Å². The molecule has 2 atom stereocenters. The number of carbonyl (C=O) groups is 2. The van der Waals surface area contributed by atoms with Crippen molar-refractivity contribution in [1.29, 1.82) is 5.26 Å². The van der Waals surface area contributed by atoms with Gasteiger partial charge in [0.1, 0.15) is 0 Å². The molecule has 0 amide bonds. The van der Waals surface area contributed by atoms with Crippen LogP contribution in [0.4, 0.5) is 8.78 Å². The van der Waals surface area contributed by atoms with E-state index in [1.807, 2.05) is 30.3 Å². The van der Waals surface area contributed by atoms with E-state index < -0.39 is 55.7 Å². The number of esters is 2. The highest BCUT2D eigenvalue weighted by Gasteiger charge is 2.64. The largest absolute Gasteiger partial charge is 0.438 e. The van der Waals surface area contributed by atoms with Crippen LogP contribution in [0.5, 0.6) is 0 Å². The van der Waals surface area contributed by atoms with Crippen molar-refractivity contribution in [2.45, 2.75) is 66.5 Å². The Labute approximate surface area is 309 Å². The summed E-state index contributed by atoms with van der Waals surface area (Å²) in [7, 11) is -2.45. The van der Waals surface area contributed by atoms with E-state index in [0.717, 1.165) is 11.6 Å². The topological polar surface area (TPSA) is 139 Å². The number of nitriles is 1. The number of carbonyl (C=O) groups excluding carboxylic acids is 2. The normalized spacial score (nSPS) is 13.5. The first-order chi connectivity index (χ1) is 24.3. The summed E-state index contributed by atoms with van der Waals surface area (Å²) >= 11 is 3.20. The van der Waals surface area contributed by atoms with Gasteiger partial charge in [0.15, 0.2) is 15.5 Å². The van der Waals surface area contributed by atoms with Crippen LogP contribution in [0.15, 0.2) is 88.3 Å². The second-order valence-corrected chi connectivity index (χ2v) is 15.2. The van der Waals surface area contributed by atoms with Gasteiger partial charge < -0.3 is 9.47 Å². The Morgan fingerprint density at radius 2 is 1.52 bits per heavy atom. The van der Waals surface area contributed by atoms with Crippen LogP contribution in [0.1, 0.15) is 63.8 Å². The number of imidazole rings is 1. The molecule has 0 aliphatic carbocycles. The average Bonchev–Trinajstić information content (AvgIpc) is 3.37. The van der Waals surface area contributed by atoms with Gasteiger partial charge in [0, 0.05) is 16.2 Å². The minimum absolute atomic E-state index is 0.0506. The van der Waals surface area contributed by atoms with E-state index in [1.54, 1.807) is 30.5 Å². The predicted octanol–water partition coefficient (Wildman–Crippen LogP) is 7.63. The maximum Gasteiger partial charge on any atom is 0.409 e. The van der Waals surface area contributed by atoms with Crippen LogP contribution in [0.3, 0.4) is 0 Å². The molecule has 0 fully saturated rings. The molecule has 15 heteroatoms. The van der Waals surface area contributed by atoms with E-state index >= 15 is 8.78 Å². The van der Waals surface area contributed by atoms with E-state index in [4.69, 9.17) is 18.7 Å². The number of hydrogen-bond acceptors (Lipinski definition) is 9. The molecule has 0 saturated carbocycles. The van der Waals surface area contributed by atoms with Crippen molar-refractivity contribution in [3.05, 3.63) is 116 Å². The van der Waals surface area contributed by atoms with Gasteiger partial charge in [0.25, 0.3) is 0 Å². The van der Waals surface area contributed by atoms with Crippen molar-refractivity contribution in [2.75, 3.05) is 6.79 Å². The smallest absolute Gasteiger partial charge is 0.409 e. The molecule has 11 nitrogen and oxygen atoms in total. The third-order valence-electron chi connectivity index (χ3n) is 7.74. The van der Waals surface area contributed by atoms with Crippen LogP contribution < -0.4 is 5.69 Å². The lowest BCUT2D eigenvalue weighted by Crippen LogP contribution is -2.54. The summed E-state index contributed by atoms with van der Waals surface area (Å²) in [4.78, 5) is 39.2. The molecule has 0 radical (unpaired) electrons. The average molecular weight is 803 g/mol. The number of alkyl halides is 2. The first-order valence-electron chi connectivity index (χ1n) is 16.0. The SMILES string of the molecule is CC(C)(C)C(=O)OCOC(O[PH2]=O)(OC(=O)C(C)(C)C)C(F)(F)c1ccc(Cn2c(-c3ccc(C#N)cc3)cn(Cc3ccccc3)c2=O)cc1Br. The zero-order valence-electron chi connectivity index (χ0n) is 29.4. The van der Waals surface area contributed by atoms with E-state index in [1.165, 1.54) is 62.8 Å². The van der Waals surface area contributed by atoms with Crippen molar-refractivity contribution < 1.29 is 41.7 Å². The number of hydrogen-bond donors (Lipinski definition) is 0. The van der Waals surface area contributed by atoms with Crippen LogP contribution in [-0.4, -0.2) is 33.8 Å². The second-order valence-electron chi connectivity index (χ2n) is 13.9. The molecule has 3 aromatic carbocycles. The van der Waals surface area contributed by atoms with Crippen molar-refractivity contribution in [2.24, 2.45) is 10.8 Å². The molecule has 0 N–H and O–H groups in total. The third-order valence-corrected chi connectivity index (χ3v) is 8.80. The maximum absolute atomic E-state index is 16.7. The molecule has 0 spiro atoms. The molecule has 2 unspecified atom stereocenters. The Balaban J connectivity index is 1.76. The van der Waals surface area contributed by atoms with Gasteiger partial charge in [-0.05, 0) is 76.4 Å². The van der Waals surface area contributed by atoms with Gasteiger partial charge in [-0.1, -0.05) is 70.5 Å². The number of nitrogens with zero attached hydrogens (tertiary/aromatic N) is 3. The number of rotatable bonds is 13. The van der Waals surface area contributed by atoms with Gasteiger partial charge in [0.05, 0.1) is 41.2 Å². The highest BCUT2D eigenvalue weighted by Crippen LogP contribution is 2.48. The van der Waals surface area contributed by atoms with Gasteiger partial charge in [-0.2, -0.15) is 14.0 Å². The third kappa shape index (κ3) is 9.14. The van der Waals surface area contributed by atoms with Crippen LogP contribution in [0.25, 0.3) is 11.3 Å². The quantitative estimate of drug-likeness (QED) is 0.0759. The Bertz CT molecular complexity index is 2030. The first-order valence-corrected chi connectivity index (χ1v) is 17.7. The van der Waals surface area contributed by atoms with Crippen molar-refractivity contribution in [1.82, 2.24) is 9.13 Å². The zero-order valence-corrected chi connectivity index (χ0v) is 32.2. The Morgan fingerprint density at radius 3 is 2.08 bits per heavy atom. The fraction of sp³-hybridized carbons (Fsp3) is 0.351. The highest BCUT2D eigenvalue weighted by molar-refractivity contribution is 9.10. The lowest BCUT2D eigenvalue weighted by molar-refractivity contribution is -0.425. The molecule has 1 aromatic heterocycles. The summed E-state index contributed by atoms with van der Waals surface area (Å²) in [5, 5.41) is 9.28. The molecule has 0 saturated heterocycles. The molecule has 4 aromatic rings. The van der Waals surface area contributed by atoms with Gasteiger partial charge in [0.2, 0.25) is 0 Å². The molecule has 1 heterocycles. The summed E-state index contributed by atoms with van der Waals surface area (Å²) in [5.74, 6) is -9.93. The molecular formula is C37H39BrF2N3O8P. The molecular weight excluding hydrogens is 763 g/mol. The number of halogens is 3. The minimum Gasteiger partial charge on any atom is -0.438 e. The fourth-order valence-electron chi connectivity index (χ4n) is 4.81. The monoisotopic (exact) mass is 801 g/mol. The molecule has 276 valence electrons. The molecule has 52 heavy (non-hydrogen) atoms. The minimum atomic E-state index is -4.35. The Kier molecular flexibility index (Phi) is 12.5. The lowest BCUT2D eigenvalue weighted by atomic mass is 9.97. The molecule has 0 aliphatic rings. The van der Waals surface area contributed by atoms with Gasteiger partial charge in [-0.15, -0.1) is 0 Å². The number of aromatic nitrogens is 2. The highest BCUT2D eigenvalue weighted by atomic mass is 79.9. The number of ether oxygens (including phenoxy) is 3. The fourth-order valence-corrected chi connectivity index (χ4v) is 5.88. The van der Waals surface area contributed by atoms with Crippen molar-refractivity contribution in [3.63, 3.8) is 0 Å². The summed E-state index contributed by atoms with van der Waals surface area (Å²) in [6.45, 7) is 7.93. The Hall–Kier alpha value is -4.41. The summed E-state index contributed by atoms with van der Waals surface area (Å²) in [6.07, 6.45) is 1.69. The molecule has 4 rings (SSSR count). The summed E-state index contributed by atoms with van der Waals surface area (Å²) in [6, 6.07) is 21.8. The van der Waals surface area contributed by atoms with Crippen molar-refractivity contribution >= 4 is 36.6 Å². The number of benzene rings is 3. The molecule has 0 bridgehead atoms. The van der Waals surface area contributed by atoms with Crippen molar-refractivity contribution in [3.8, 4) is 17.3 Å².